The van der Waals surface area contributed by atoms with Gasteiger partial charge >= 0.3 is 0 Å². The van der Waals surface area contributed by atoms with Crippen molar-refractivity contribution in [1.82, 2.24) is 5.43 Å². The van der Waals surface area contributed by atoms with Crippen LogP contribution in [0.2, 0.25) is 5.02 Å². The van der Waals surface area contributed by atoms with Crippen LogP contribution in [0.4, 0.5) is 5.69 Å². The lowest BCUT2D eigenvalue weighted by Gasteiger charge is -2.23. The summed E-state index contributed by atoms with van der Waals surface area (Å²) in [6, 6.07) is 9.59. The third-order valence-corrected chi connectivity index (χ3v) is 5.37. The number of anilines is 1. The summed E-state index contributed by atoms with van der Waals surface area (Å²) in [7, 11) is -2.33. The number of nitrogens with one attached hydrogen (secondary N) is 1. The normalized spacial score (nSPS) is 11.4. The minimum atomic E-state index is -3.74. The summed E-state index contributed by atoms with van der Waals surface area (Å²) in [5.74, 6) is -0.534. The Balaban J connectivity index is 2.16. The molecule has 0 aliphatic heterocycles. The number of phenols is 1. The van der Waals surface area contributed by atoms with Crippen molar-refractivity contribution >= 4 is 39.4 Å². The van der Waals surface area contributed by atoms with Crippen LogP contribution in [0, 0.1) is 6.92 Å². The van der Waals surface area contributed by atoms with Crippen LogP contribution in [-0.4, -0.2) is 45.6 Å². The summed E-state index contributed by atoms with van der Waals surface area (Å²) in [5, 5.41) is 14.1. The van der Waals surface area contributed by atoms with E-state index in [2.05, 4.69) is 10.5 Å². The van der Waals surface area contributed by atoms with Gasteiger partial charge in [0.2, 0.25) is 10.0 Å². The largest absolute Gasteiger partial charge is 0.504 e. The number of phenolic OH excluding ortho intramolecular Hbond substituents is 1. The Bertz CT molecular complexity index is 1010. The van der Waals surface area contributed by atoms with Gasteiger partial charge in [0.15, 0.2) is 11.5 Å². The number of sulfonamides is 1. The van der Waals surface area contributed by atoms with E-state index < -0.39 is 22.5 Å². The third kappa shape index (κ3) is 5.14. The molecule has 2 rings (SSSR count). The highest BCUT2D eigenvalue weighted by atomic mass is 35.5. The number of rotatable bonds is 7. The second-order valence-electron chi connectivity index (χ2n) is 5.84. The van der Waals surface area contributed by atoms with Gasteiger partial charge in [0.1, 0.15) is 6.54 Å². The van der Waals surface area contributed by atoms with Crippen LogP contribution in [0.15, 0.2) is 41.5 Å². The Kier molecular flexibility index (Phi) is 6.87. The molecule has 0 aliphatic carbocycles. The average molecular weight is 426 g/mol. The molecular weight excluding hydrogens is 406 g/mol. The van der Waals surface area contributed by atoms with E-state index in [0.29, 0.717) is 21.8 Å². The van der Waals surface area contributed by atoms with Gasteiger partial charge in [-0.05, 0) is 36.8 Å². The van der Waals surface area contributed by atoms with Gasteiger partial charge in [0, 0.05) is 10.6 Å². The molecule has 0 fully saturated rings. The molecule has 28 heavy (non-hydrogen) atoms. The molecular formula is C18H20ClN3O5S. The monoisotopic (exact) mass is 425 g/mol. The van der Waals surface area contributed by atoms with Gasteiger partial charge in [-0.15, -0.1) is 0 Å². The fourth-order valence-corrected chi connectivity index (χ4v) is 3.47. The quantitative estimate of drug-likeness (QED) is 0.522. The van der Waals surface area contributed by atoms with Crippen LogP contribution in [0.1, 0.15) is 11.1 Å². The fraction of sp³-hybridized carbons (Fsp3) is 0.222. The molecule has 0 radical (unpaired) electrons. The van der Waals surface area contributed by atoms with Crippen LogP contribution in [0.25, 0.3) is 0 Å². The third-order valence-electron chi connectivity index (χ3n) is 3.84. The Morgan fingerprint density at radius 2 is 2.00 bits per heavy atom. The summed E-state index contributed by atoms with van der Waals surface area (Å²) in [6.07, 6.45) is 2.23. The fourth-order valence-electron chi connectivity index (χ4n) is 2.40. The van der Waals surface area contributed by atoms with Crippen LogP contribution >= 0.6 is 11.6 Å². The number of hydrogen-bond acceptors (Lipinski definition) is 6. The number of carbonyl (C=O) groups excluding carboxylic acids is 1. The Morgan fingerprint density at radius 1 is 1.32 bits per heavy atom. The molecule has 2 aromatic carbocycles. The van der Waals surface area contributed by atoms with Crippen molar-refractivity contribution < 1.29 is 23.1 Å². The Labute approximate surface area is 168 Å². The predicted molar refractivity (Wildman–Crippen MR) is 109 cm³/mol. The number of amides is 1. The molecule has 2 aromatic rings. The van der Waals surface area contributed by atoms with Crippen molar-refractivity contribution in [3.8, 4) is 11.5 Å². The second kappa shape index (κ2) is 8.94. The first-order chi connectivity index (χ1) is 13.1. The molecule has 0 saturated heterocycles. The van der Waals surface area contributed by atoms with Crippen molar-refractivity contribution in [3.63, 3.8) is 0 Å². The highest BCUT2D eigenvalue weighted by Crippen LogP contribution is 2.29. The Morgan fingerprint density at radius 3 is 2.64 bits per heavy atom. The van der Waals surface area contributed by atoms with Crippen LogP contribution in [0.5, 0.6) is 11.5 Å². The molecule has 0 saturated carbocycles. The van der Waals surface area contributed by atoms with Gasteiger partial charge in [-0.1, -0.05) is 23.7 Å². The molecule has 2 N–H and O–H groups in total. The molecule has 8 nitrogen and oxygen atoms in total. The summed E-state index contributed by atoms with van der Waals surface area (Å²) in [4.78, 5) is 12.2. The lowest BCUT2D eigenvalue weighted by Crippen LogP contribution is -2.39. The molecule has 0 unspecified atom stereocenters. The first-order valence-corrected chi connectivity index (χ1v) is 10.3. The van der Waals surface area contributed by atoms with E-state index in [0.717, 1.165) is 10.6 Å². The van der Waals surface area contributed by atoms with Crippen LogP contribution in [0.3, 0.4) is 0 Å². The number of carbonyl (C=O) groups is 1. The number of methoxy groups -OCH3 is 1. The highest BCUT2D eigenvalue weighted by Gasteiger charge is 2.23. The first-order valence-electron chi connectivity index (χ1n) is 8.06. The minimum Gasteiger partial charge on any atom is -0.504 e. The SMILES string of the molecule is COc1cccc(/C=N\NC(=O)CN(c2cccc(Cl)c2C)S(C)(=O)=O)c1O. The number of para-hydroxylation sites is 1. The lowest BCUT2D eigenvalue weighted by molar-refractivity contribution is -0.119. The highest BCUT2D eigenvalue weighted by molar-refractivity contribution is 7.92. The maximum absolute atomic E-state index is 12.2. The van der Waals surface area contributed by atoms with E-state index in [4.69, 9.17) is 16.3 Å². The lowest BCUT2D eigenvalue weighted by atomic mass is 10.2. The summed E-state index contributed by atoms with van der Waals surface area (Å²) >= 11 is 6.06. The number of ether oxygens (including phenoxy) is 1. The van der Waals surface area contributed by atoms with Crippen LogP contribution in [-0.2, 0) is 14.8 Å². The van der Waals surface area contributed by atoms with Crippen LogP contribution < -0.4 is 14.5 Å². The number of hydrazone groups is 1. The molecule has 0 spiro atoms. The number of halogens is 1. The zero-order chi connectivity index (χ0) is 20.9. The second-order valence-corrected chi connectivity index (χ2v) is 8.16. The molecule has 0 aliphatic rings. The van der Waals surface area contributed by atoms with Crippen molar-refractivity contribution in [2.45, 2.75) is 6.92 Å². The average Bonchev–Trinajstić information content (AvgIpc) is 2.63. The molecule has 0 bridgehead atoms. The Hall–Kier alpha value is -2.78. The topological polar surface area (TPSA) is 108 Å². The summed E-state index contributed by atoms with van der Waals surface area (Å²) in [6.45, 7) is 1.18. The van der Waals surface area contributed by atoms with Crippen molar-refractivity contribution in [2.75, 3.05) is 24.2 Å². The number of benzene rings is 2. The van der Waals surface area contributed by atoms with Gasteiger partial charge < -0.3 is 9.84 Å². The van der Waals surface area contributed by atoms with E-state index in [1.807, 2.05) is 0 Å². The van der Waals surface area contributed by atoms with Crippen molar-refractivity contribution in [2.24, 2.45) is 5.10 Å². The molecule has 1 amide bonds. The van der Waals surface area contributed by atoms with E-state index in [-0.39, 0.29) is 11.5 Å². The zero-order valence-corrected chi connectivity index (χ0v) is 17.1. The molecule has 150 valence electrons. The van der Waals surface area contributed by atoms with Crippen molar-refractivity contribution in [3.05, 3.63) is 52.5 Å². The predicted octanol–water partition coefficient (Wildman–Crippen LogP) is 2.28. The smallest absolute Gasteiger partial charge is 0.260 e. The van der Waals surface area contributed by atoms with E-state index in [1.165, 1.54) is 13.3 Å². The maximum Gasteiger partial charge on any atom is 0.260 e. The number of hydrogen-bond donors (Lipinski definition) is 2. The molecule has 0 heterocycles. The minimum absolute atomic E-state index is 0.129. The van der Waals surface area contributed by atoms with Crippen molar-refractivity contribution in [1.29, 1.82) is 0 Å². The van der Waals surface area contributed by atoms with E-state index in [9.17, 15) is 18.3 Å². The number of aromatic hydroxyl groups is 1. The van der Waals surface area contributed by atoms with Gasteiger partial charge in [0.25, 0.3) is 5.91 Å². The standard InChI is InChI=1S/C18H20ClN3O5S/c1-12-14(19)7-5-8-15(12)22(28(3,25)26)11-17(23)21-20-10-13-6-4-9-16(27-2)18(13)24/h4-10,24H,11H2,1-3H3,(H,21,23)/b20-10-. The molecule has 0 aromatic heterocycles. The van der Waals surface area contributed by atoms with Gasteiger partial charge in [-0.25, -0.2) is 13.8 Å². The molecule has 0 atom stereocenters. The van der Waals surface area contributed by atoms with E-state index in [1.54, 1.807) is 43.3 Å². The van der Waals surface area contributed by atoms with Gasteiger partial charge in [-0.2, -0.15) is 5.10 Å². The van der Waals surface area contributed by atoms with E-state index >= 15 is 0 Å². The number of nitrogens with zero attached hydrogens (tertiary/aromatic N) is 2. The molecule has 10 heteroatoms. The van der Waals surface area contributed by atoms with Gasteiger partial charge in [0.05, 0.1) is 25.3 Å². The summed E-state index contributed by atoms with van der Waals surface area (Å²) < 4.78 is 30.3. The maximum atomic E-state index is 12.2. The zero-order valence-electron chi connectivity index (χ0n) is 15.5. The first kappa shape index (κ1) is 21.5. The summed E-state index contributed by atoms with van der Waals surface area (Å²) in [5.41, 5.74) is 3.41. The van der Waals surface area contributed by atoms with Gasteiger partial charge in [-0.3, -0.25) is 9.10 Å².